The van der Waals surface area contributed by atoms with Crippen LogP contribution in [-0.4, -0.2) is 28.0 Å². The van der Waals surface area contributed by atoms with E-state index in [1.54, 1.807) is 18.2 Å². The number of nitrogens with zero attached hydrogens (tertiary/aromatic N) is 2. The number of benzene rings is 1. The van der Waals surface area contributed by atoms with Gasteiger partial charge in [-0.2, -0.15) is 8.78 Å². The molecular formula is C15H16F2N4O2. The highest BCUT2D eigenvalue weighted by molar-refractivity contribution is 5.34. The second-order valence-electron chi connectivity index (χ2n) is 5.32. The number of nitrogen functional groups attached to an aromatic ring is 1. The molecule has 0 unspecified atom stereocenters. The molecule has 0 radical (unpaired) electrons. The van der Waals surface area contributed by atoms with Crippen LogP contribution in [0.4, 0.5) is 14.7 Å². The monoisotopic (exact) mass is 322 g/mol. The first-order valence-corrected chi connectivity index (χ1v) is 7.15. The Bertz CT molecular complexity index is 763. The highest BCUT2D eigenvalue weighted by Crippen LogP contribution is 2.24. The molecule has 1 aliphatic rings. The molecule has 3 rings (SSSR count). The van der Waals surface area contributed by atoms with Crippen molar-refractivity contribution < 1.29 is 13.5 Å². The minimum atomic E-state index is -2.87. The largest absolute Gasteiger partial charge is 0.434 e. The third-order valence-corrected chi connectivity index (χ3v) is 3.75. The van der Waals surface area contributed by atoms with Crippen LogP contribution in [0.25, 0.3) is 0 Å². The van der Waals surface area contributed by atoms with E-state index in [0.717, 1.165) is 0 Å². The first-order chi connectivity index (χ1) is 11.0. The lowest BCUT2D eigenvalue weighted by molar-refractivity contribution is -0.0508. The number of rotatable bonds is 4. The van der Waals surface area contributed by atoms with E-state index in [1.165, 1.54) is 6.07 Å². The van der Waals surface area contributed by atoms with Crippen LogP contribution in [-0.2, 0) is 19.5 Å². The summed E-state index contributed by atoms with van der Waals surface area (Å²) in [4.78, 5) is 20.6. The number of hydrogen-bond donors (Lipinski definition) is 2. The number of alkyl halides is 2. The molecule has 2 aromatic rings. The Morgan fingerprint density at radius 1 is 1.39 bits per heavy atom. The van der Waals surface area contributed by atoms with E-state index in [2.05, 4.69) is 14.7 Å². The molecule has 6 nitrogen and oxygen atoms in total. The third-order valence-electron chi connectivity index (χ3n) is 3.75. The highest BCUT2D eigenvalue weighted by atomic mass is 19.3. The van der Waals surface area contributed by atoms with E-state index in [4.69, 9.17) is 5.73 Å². The number of aromatic nitrogens is 2. The number of nitrogens with two attached hydrogens (primary N) is 1. The molecule has 2 heterocycles. The third kappa shape index (κ3) is 3.48. The number of halogens is 2. The molecule has 1 aromatic carbocycles. The molecule has 0 aliphatic carbocycles. The molecule has 0 saturated heterocycles. The quantitative estimate of drug-likeness (QED) is 0.891. The summed E-state index contributed by atoms with van der Waals surface area (Å²) in [6, 6.07) is 6.65. The topological polar surface area (TPSA) is 84.2 Å². The van der Waals surface area contributed by atoms with E-state index in [9.17, 15) is 13.6 Å². The number of nitrogens with one attached hydrogen (secondary N) is 1. The predicted molar refractivity (Wildman–Crippen MR) is 80.2 cm³/mol. The van der Waals surface area contributed by atoms with Crippen molar-refractivity contribution in [2.75, 3.05) is 12.3 Å². The summed E-state index contributed by atoms with van der Waals surface area (Å²) in [5, 5.41) is 0. The van der Waals surface area contributed by atoms with Crippen molar-refractivity contribution in [2.45, 2.75) is 26.1 Å². The van der Waals surface area contributed by atoms with Crippen LogP contribution in [0.15, 0.2) is 29.1 Å². The lowest BCUT2D eigenvalue weighted by atomic mass is 10.1. The maximum atomic E-state index is 12.5. The van der Waals surface area contributed by atoms with E-state index < -0.39 is 6.61 Å². The fraction of sp³-hybridized carbons (Fsp3) is 0.333. The van der Waals surface area contributed by atoms with Crippen LogP contribution in [0.3, 0.4) is 0 Å². The second kappa shape index (κ2) is 6.33. The Labute approximate surface area is 130 Å². The van der Waals surface area contributed by atoms with Gasteiger partial charge in [-0.1, -0.05) is 18.2 Å². The minimum absolute atomic E-state index is 0.109. The molecule has 0 bridgehead atoms. The van der Waals surface area contributed by atoms with Gasteiger partial charge in [0, 0.05) is 31.6 Å². The number of ether oxygens (including phenoxy) is 1. The molecule has 0 spiro atoms. The highest BCUT2D eigenvalue weighted by Gasteiger charge is 2.22. The average molecular weight is 322 g/mol. The van der Waals surface area contributed by atoms with Crippen LogP contribution in [0.2, 0.25) is 0 Å². The van der Waals surface area contributed by atoms with Crippen molar-refractivity contribution >= 4 is 5.95 Å². The standard InChI is InChI=1S/C15H16F2N4O2/c16-14(17)23-12-4-2-1-3-9(12)7-21-6-5-11-10(8-21)13(22)20-15(18)19-11/h1-4,14H,5-8H2,(H3,18,19,20,22). The Morgan fingerprint density at radius 3 is 2.96 bits per heavy atom. The molecule has 0 amide bonds. The van der Waals surface area contributed by atoms with Crippen molar-refractivity contribution in [1.82, 2.24) is 14.9 Å². The fourth-order valence-corrected chi connectivity index (χ4v) is 2.72. The lowest BCUT2D eigenvalue weighted by Crippen LogP contribution is -2.35. The summed E-state index contributed by atoms with van der Waals surface area (Å²) in [6.45, 7) is -1.41. The molecule has 3 N–H and O–H groups in total. The first-order valence-electron chi connectivity index (χ1n) is 7.15. The van der Waals surface area contributed by atoms with Gasteiger partial charge in [0.1, 0.15) is 5.75 Å². The molecule has 0 fully saturated rings. The van der Waals surface area contributed by atoms with Crippen LogP contribution < -0.4 is 16.0 Å². The molecule has 122 valence electrons. The van der Waals surface area contributed by atoms with Gasteiger partial charge in [0.2, 0.25) is 5.95 Å². The van der Waals surface area contributed by atoms with E-state index in [0.29, 0.717) is 42.9 Å². The Morgan fingerprint density at radius 2 is 2.17 bits per heavy atom. The van der Waals surface area contributed by atoms with E-state index in [1.807, 2.05) is 4.90 Å². The van der Waals surface area contributed by atoms with Crippen molar-refractivity contribution in [3.05, 3.63) is 51.4 Å². The van der Waals surface area contributed by atoms with Gasteiger partial charge in [0.05, 0.1) is 11.3 Å². The van der Waals surface area contributed by atoms with E-state index in [-0.39, 0.29) is 17.3 Å². The predicted octanol–water partition coefficient (Wildman–Crippen LogP) is 1.51. The van der Waals surface area contributed by atoms with Crippen molar-refractivity contribution in [1.29, 1.82) is 0 Å². The maximum absolute atomic E-state index is 12.5. The second-order valence-corrected chi connectivity index (χ2v) is 5.32. The van der Waals surface area contributed by atoms with E-state index >= 15 is 0 Å². The Kier molecular flexibility index (Phi) is 4.24. The number of para-hydroxylation sites is 1. The summed E-state index contributed by atoms with van der Waals surface area (Å²) in [5.41, 5.74) is 7.19. The van der Waals surface area contributed by atoms with Gasteiger partial charge < -0.3 is 10.5 Å². The number of fused-ring (bicyclic) bond motifs is 1. The fourth-order valence-electron chi connectivity index (χ4n) is 2.72. The molecule has 8 heteroatoms. The normalized spacial score (nSPS) is 14.7. The first kappa shape index (κ1) is 15.4. The number of hydrogen-bond acceptors (Lipinski definition) is 5. The Hall–Kier alpha value is -2.48. The van der Waals surface area contributed by atoms with Crippen molar-refractivity contribution in [2.24, 2.45) is 0 Å². The average Bonchev–Trinajstić information content (AvgIpc) is 2.49. The zero-order valence-corrected chi connectivity index (χ0v) is 12.3. The van der Waals surface area contributed by atoms with Gasteiger partial charge in [0.15, 0.2) is 0 Å². The van der Waals surface area contributed by atoms with Crippen LogP contribution in [0.1, 0.15) is 16.8 Å². The van der Waals surface area contributed by atoms with Crippen molar-refractivity contribution in [3.8, 4) is 5.75 Å². The van der Waals surface area contributed by atoms with Crippen LogP contribution in [0.5, 0.6) is 5.75 Å². The van der Waals surface area contributed by atoms with Crippen LogP contribution in [0, 0.1) is 0 Å². The number of aromatic amines is 1. The van der Waals surface area contributed by atoms with Gasteiger partial charge >= 0.3 is 6.61 Å². The summed E-state index contributed by atoms with van der Waals surface area (Å²) < 4.78 is 29.5. The molecule has 23 heavy (non-hydrogen) atoms. The van der Waals surface area contributed by atoms with Crippen LogP contribution >= 0.6 is 0 Å². The smallest absolute Gasteiger partial charge is 0.387 e. The van der Waals surface area contributed by atoms with Crippen molar-refractivity contribution in [3.63, 3.8) is 0 Å². The van der Waals surface area contributed by atoms with Gasteiger partial charge in [0.25, 0.3) is 5.56 Å². The zero-order valence-electron chi connectivity index (χ0n) is 12.3. The van der Waals surface area contributed by atoms with Gasteiger partial charge in [-0.3, -0.25) is 14.7 Å². The molecule has 0 saturated carbocycles. The summed E-state index contributed by atoms with van der Waals surface area (Å²) in [5.74, 6) is 0.260. The SMILES string of the molecule is Nc1nc2c(c(=O)[nH]1)CN(Cc1ccccc1OC(F)F)CC2. The minimum Gasteiger partial charge on any atom is -0.434 e. The Balaban J connectivity index is 1.79. The van der Waals surface area contributed by atoms with Gasteiger partial charge in [-0.05, 0) is 6.07 Å². The number of H-pyrrole nitrogens is 1. The maximum Gasteiger partial charge on any atom is 0.387 e. The summed E-state index contributed by atoms with van der Waals surface area (Å²) in [6.07, 6.45) is 0.585. The molecule has 0 atom stereocenters. The summed E-state index contributed by atoms with van der Waals surface area (Å²) >= 11 is 0. The molecule has 1 aliphatic heterocycles. The molecular weight excluding hydrogens is 306 g/mol. The number of anilines is 1. The molecule has 1 aromatic heterocycles. The summed E-state index contributed by atoms with van der Waals surface area (Å²) in [7, 11) is 0. The van der Waals surface area contributed by atoms with Gasteiger partial charge in [-0.25, -0.2) is 4.98 Å². The zero-order chi connectivity index (χ0) is 16.4. The van der Waals surface area contributed by atoms with Gasteiger partial charge in [-0.15, -0.1) is 0 Å². The lowest BCUT2D eigenvalue weighted by Gasteiger charge is -2.28.